The van der Waals surface area contributed by atoms with E-state index in [9.17, 15) is 20.1 Å². The molecule has 0 spiro atoms. The van der Waals surface area contributed by atoms with Gasteiger partial charge in [-0.15, -0.1) is 0 Å². The molecule has 4 fully saturated rings. The van der Waals surface area contributed by atoms with Crippen LogP contribution >= 0.6 is 0 Å². The summed E-state index contributed by atoms with van der Waals surface area (Å²) in [5.74, 6) is 2.09. The van der Waals surface area contributed by atoms with Gasteiger partial charge in [0.15, 0.2) is 0 Å². The van der Waals surface area contributed by atoms with Gasteiger partial charge in [0.25, 0.3) is 0 Å². The average Bonchev–Trinajstić information content (AvgIpc) is 3.00. The molecule has 4 aliphatic carbocycles. The maximum atomic E-state index is 11.7. The third-order valence-electron chi connectivity index (χ3n) is 10.6. The van der Waals surface area contributed by atoms with E-state index in [1.165, 1.54) is 6.42 Å². The van der Waals surface area contributed by atoms with Crippen LogP contribution in [0.25, 0.3) is 0 Å². The molecule has 29 heavy (non-hydrogen) atoms. The molecule has 3 N–H and O–H groups in total. The molecule has 0 amide bonds. The number of aliphatic hydroxyl groups excluding tert-OH is 2. The monoisotopic (exact) mass is 406 g/mol. The minimum absolute atomic E-state index is 0.159. The number of carboxylic acids is 1. The van der Waals surface area contributed by atoms with E-state index in [0.29, 0.717) is 29.6 Å². The van der Waals surface area contributed by atoms with Crippen molar-refractivity contribution >= 4 is 5.97 Å². The molecule has 0 radical (unpaired) electrons. The molecule has 11 atom stereocenters. The van der Waals surface area contributed by atoms with Gasteiger partial charge in [0.1, 0.15) is 0 Å². The normalized spacial score (nSPS) is 52.9. The van der Waals surface area contributed by atoms with Crippen LogP contribution in [-0.2, 0) is 4.79 Å². The molecule has 0 aromatic heterocycles. The Morgan fingerprint density at radius 2 is 1.66 bits per heavy atom. The zero-order valence-corrected chi connectivity index (χ0v) is 18.8. The molecule has 0 aromatic carbocycles. The molecule has 4 nitrogen and oxygen atoms in total. The molecule has 0 saturated heterocycles. The van der Waals surface area contributed by atoms with Crippen LogP contribution in [-0.4, -0.2) is 33.5 Å². The van der Waals surface area contributed by atoms with Crippen LogP contribution in [0.5, 0.6) is 0 Å². The molecule has 4 heteroatoms. The van der Waals surface area contributed by atoms with Crippen LogP contribution in [0.15, 0.2) is 0 Å². The van der Waals surface area contributed by atoms with Crippen LogP contribution in [0.3, 0.4) is 0 Å². The van der Waals surface area contributed by atoms with Gasteiger partial charge in [-0.3, -0.25) is 4.79 Å². The topological polar surface area (TPSA) is 77.8 Å². The third-order valence-corrected chi connectivity index (χ3v) is 10.6. The van der Waals surface area contributed by atoms with E-state index in [-0.39, 0.29) is 41.3 Å². The van der Waals surface area contributed by atoms with Crippen molar-refractivity contribution in [3.63, 3.8) is 0 Å². The Labute approximate surface area is 176 Å². The minimum atomic E-state index is -0.682. The van der Waals surface area contributed by atoms with Gasteiger partial charge in [0, 0.05) is 6.42 Å². The summed E-state index contributed by atoms with van der Waals surface area (Å²) in [4.78, 5) is 11.4. The number of carboxylic acid groups (broad SMARTS) is 1. The molecule has 4 aliphatic rings. The van der Waals surface area contributed by atoms with Crippen molar-refractivity contribution in [3.8, 4) is 0 Å². The van der Waals surface area contributed by atoms with Crippen LogP contribution in [0.2, 0.25) is 0 Å². The van der Waals surface area contributed by atoms with Gasteiger partial charge in [-0.05, 0) is 97.2 Å². The molecule has 4 rings (SSSR count). The Bertz CT molecular complexity index is 634. The minimum Gasteiger partial charge on any atom is -0.481 e. The Kier molecular flexibility index (Phi) is 5.60. The number of rotatable bonds is 4. The second-order valence-electron chi connectivity index (χ2n) is 11.7. The van der Waals surface area contributed by atoms with Gasteiger partial charge < -0.3 is 15.3 Å². The van der Waals surface area contributed by atoms with Crippen LogP contribution < -0.4 is 0 Å². The van der Waals surface area contributed by atoms with Crippen molar-refractivity contribution in [2.24, 2.45) is 52.3 Å². The van der Waals surface area contributed by atoms with Crippen LogP contribution in [0, 0.1) is 52.3 Å². The largest absolute Gasteiger partial charge is 0.481 e. The lowest BCUT2D eigenvalue weighted by Crippen LogP contribution is -2.62. The molecule has 0 aromatic rings. The van der Waals surface area contributed by atoms with Crippen molar-refractivity contribution in [3.05, 3.63) is 0 Å². The predicted octanol–water partition coefficient (Wildman–Crippen LogP) is 4.72. The van der Waals surface area contributed by atoms with Crippen LogP contribution in [0.1, 0.15) is 85.5 Å². The first kappa shape index (κ1) is 21.6. The molecule has 4 saturated carbocycles. The molecule has 0 bridgehead atoms. The highest BCUT2D eigenvalue weighted by molar-refractivity contribution is 5.67. The highest BCUT2D eigenvalue weighted by atomic mass is 16.4. The van der Waals surface area contributed by atoms with E-state index in [1.54, 1.807) is 0 Å². The van der Waals surface area contributed by atoms with Gasteiger partial charge in [-0.2, -0.15) is 0 Å². The van der Waals surface area contributed by atoms with Gasteiger partial charge in [0.2, 0.25) is 0 Å². The predicted molar refractivity (Wildman–Crippen MR) is 113 cm³/mol. The summed E-state index contributed by atoms with van der Waals surface area (Å²) in [6.07, 6.45) is 8.21. The van der Waals surface area contributed by atoms with Gasteiger partial charge >= 0.3 is 5.97 Å². The maximum absolute atomic E-state index is 11.7. The lowest BCUT2D eigenvalue weighted by molar-refractivity contribution is -0.203. The fraction of sp³-hybridized carbons (Fsp3) is 0.960. The number of aliphatic hydroxyl groups is 2. The summed E-state index contributed by atoms with van der Waals surface area (Å²) in [5, 5.41) is 31.4. The lowest BCUT2D eigenvalue weighted by Gasteiger charge is -2.64. The Morgan fingerprint density at radius 3 is 2.31 bits per heavy atom. The van der Waals surface area contributed by atoms with Crippen LogP contribution in [0.4, 0.5) is 0 Å². The first-order valence-corrected chi connectivity index (χ1v) is 12.2. The fourth-order valence-corrected chi connectivity index (χ4v) is 9.35. The van der Waals surface area contributed by atoms with E-state index in [0.717, 1.165) is 44.9 Å². The Hall–Kier alpha value is -0.610. The van der Waals surface area contributed by atoms with E-state index >= 15 is 0 Å². The van der Waals surface area contributed by atoms with E-state index < -0.39 is 5.97 Å². The van der Waals surface area contributed by atoms with Crippen molar-refractivity contribution in [2.45, 2.75) is 97.7 Å². The van der Waals surface area contributed by atoms with Crippen molar-refractivity contribution in [1.29, 1.82) is 0 Å². The van der Waals surface area contributed by atoms with E-state index in [1.807, 2.05) is 0 Å². The number of hydrogen-bond acceptors (Lipinski definition) is 3. The first-order valence-electron chi connectivity index (χ1n) is 12.2. The van der Waals surface area contributed by atoms with E-state index in [2.05, 4.69) is 27.7 Å². The lowest BCUT2D eigenvalue weighted by atomic mass is 9.41. The first-order chi connectivity index (χ1) is 13.6. The summed E-state index contributed by atoms with van der Waals surface area (Å²) in [7, 11) is 0. The molecular weight excluding hydrogens is 364 g/mol. The number of fused-ring (bicyclic) bond motifs is 5. The number of aliphatic carboxylic acids is 1. The number of carbonyl (C=O) groups is 1. The van der Waals surface area contributed by atoms with Gasteiger partial charge in [-0.1, -0.05) is 34.1 Å². The molecule has 0 aliphatic heterocycles. The highest BCUT2D eigenvalue weighted by Crippen LogP contribution is 2.69. The SMILES string of the molecule is CC[C@@H]1C2C[C@H](O)CC[C@]2(C)[C@H]2CC[C@]3(C)[C@@H]([C@H](C)CC(=O)O)CC[C@H]3[C@@H]2[C@@H]1O. The van der Waals surface area contributed by atoms with Gasteiger partial charge in [0.05, 0.1) is 12.2 Å². The Morgan fingerprint density at radius 1 is 1.00 bits per heavy atom. The Balaban J connectivity index is 1.66. The third kappa shape index (κ3) is 3.19. The second-order valence-corrected chi connectivity index (χ2v) is 11.7. The summed E-state index contributed by atoms with van der Waals surface area (Å²) in [6, 6.07) is 0. The summed E-state index contributed by atoms with van der Waals surface area (Å²) >= 11 is 0. The maximum Gasteiger partial charge on any atom is 0.303 e. The summed E-state index contributed by atoms with van der Waals surface area (Å²) < 4.78 is 0. The average molecular weight is 407 g/mol. The smallest absolute Gasteiger partial charge is 0.303 e. The second kappa shape index (κ2) is 7.51. The molecule has 0 heterocycles. The van der Waals surface area contributed by atoms with Gasteiger partial charge in [-0.25, -0.2) is 0 Å². The molecule has 1 unspecified atom stereocenters. The number of hydrogen-bond donors (Lipinski definition) is 3. The van der Waals surface area contributed by atoms with Crippen molar-refractivity contribution < 1.29 is 20.1 Å². The fourth-order valence-electron chi connectivity index (χ4n) is 9.35. The standard InChI is InChI=1S/C25H42O4/c1-5-16-20-13-15(26)8-10-25(20,4)19-9-11-24(3)17(14(2)12-21(27)28)6-7-18(24)22(19)23(16)29/h14-20,22-23,26,29H,5-13H2,1-4H3,(H,27,28)/t14-,15-,16-,17-,18+,19+,20?,22+,23-,24-,25-/m1/s1. The molecular formula is C25H42O4. The highest BCUT2D eigenvalue weighted by Gasteiger charge is 2.64. The summed E-state index contributed by atoms with van der Waals surface area (Å²) in [6.45, 7) is 9.23. The van der Waals surface area contributed by atoms with Crippen molar-refractivity contribution in [1.82, 2.24) is 0 Å². The van der Waals surface area contributed by atoms with E-state index in [4.69, 9.17) is 0 Å². The zero-order chi connectivity index (χ0) is 21.1. The zero-order valence-electron chi connectivity index (χ0n) is 18.8. The summed E-state index contributed by atoms with van der Waals surface area (Å²) in [5.41, 5.74) is 0.391. The quantitative estimate of drug-likeness (QED) is 0.631. The molecule has 166 valence electrons. The van der Waals surface area contributed by atoms with Crippen molar-refractivity contribution in [2.75, 3.05) is 0 Å².